The average molecular weight is 376 g/mol. The van der Waals surface area contributed by atoms with Crippen LogP contribution < -0.4 is 9.86 Å². The Morgan fingerprint density at radius 1 is 0.958 bits per heavy atom. The largest absolute Gasteiger partial charge is 0.243 e. The molecule has 0 atom stereocenters. The third-order valence-electron chi connectivity index (χ3n) is 3.14. The van der Waals surface area contributed by atoms with E-state index in [1.165, 1.54) is 24.3 Å². The van der Waals surface area contributed by atoms with Gasteiger partial charge in [0.25, 0.3) is 0 Å². The zero-order valence-corrected chi connectivity index (χ0v) is 13.9. The van der Waals surface area contributed by atoms with Crippen LogP contribution in [0.15, 0.2) is 52.3 Å². The Bertz CT molecular complexity index is 943. The molecule has 0 saturated heterocycles. The molecule has 0 aromatic heterocycles. The molecule has 0 aliphatic rings. The predicted molar refractivity (Wildman–Crippen MR) is 83.1 cm³/mol. The molecule has 0 unspecified atom stereocenters. The molecule has 0 saturated carbocycles. The number of nitrogens with two attached hydrogens (primary N) is 1. The van der Waals surface area contributed by atoms with Gasteiger partial charge in [-0.15, -0.1) is 0 Å². The molecule has 3 N–H and O–H groups in total. The van der Waals surface area contributed by atoms with Crippen molar-refractivity contribution in [3.8, 4) is 0 Å². The lowest BCUT2D eigenvalue weighted by Gasteiger charge is -2.08. The second-order valence-corrected chi connectivity index (χ2v) is 8.21. The molecule has 0 fully saturated rings. The molecule has 0 aliphatic carbocycles. The second kappa shape index (κ2) is 6.93. The number of rotatable bonds is 6. The summed E-state index contributed by atoms with van der Waals surface area (Å²) in [6, 6.07) is 7.77. The molecule has 0 amide bonds. The van der Waals surface area contributed by atoms with E-state index in [9.17, 15) is 25.6 Å². The monoisotopic (exact) mass is 376 g/mol. The normalized spacial score (nSPS) is 12.3. The number of halogens is 2. The molecule has 0 aliphatic heterocycles. The van der Waals surface area contributed by atoms with E-state index in [-0.39, 0.29) is 17.9 Å². The van der Waals surface area contributed by atoms with Crippen LogP contribution in [0.4, 0.5) is 8.78 Å². The van der Waals surface area contributed by atoms with Crippen molar-refractivity contribution in [2.45, 2.75) is 16.2 Å². The van der Waals surface area contributed by atoms with Gasteiger partial charge in [0.05, 0.1) is 4.90 Å². The van der Waals surface area contributed by atoms with Crippen molar-refractivity contribution >= 4 is 20.0 Å². The van der Waals surface area contributed by atoms with Crippen molar-refractivity contribution in [1.82, 2.24) is 4.72 Å². The van der Waals surface area contributed by atoms with Crippen molar-refractivity contribution in [2.24, 2.45) is 5.14 Å². The lowest BCUT2D eigenvalue weighted by atomic mass is 10.2. The summed E-state index contributed by atoms with van der Waals surface area (Å²) >= 11 is 0. The first-order chi connectivity index (χ1) is 11.1. The Kier molecular flexibility index (Phi) is 5.33. The molecule has 0 spiro atoms. The molecule has 0 radical (unpaired) electrons. The highest BCUT2D eigenvalue weighted by Gasteiger charge is 2.19. The quantitative estimate of drug-likeness (QED) is 0.788. The summed E-state index contributed by atoms with van der Waals surface area (Å²) in [5.41, 5.74) is 0.657. The summed E-state index contributed by atoms with van der Waals surface area (Å²) < 4.78 is 74.7. The molecule has 2 rings (SSSR count). The minimum atomic E-state index is -4.12. The van der Waals surface area contributed by atoms with Gasteiger partial charge in [0, 0.05) is 12.6 Å². The van der Waals surface area contributed by atoms with Crippen LogP contribution in [0.3, 0.4) is 0 Å². The fourth-order valence-corrected chi connectivity index (χ4v) is 3.55. The van der Waals surface area contributed by atoms with E-state index in [1.54, 1.807) is 0 Å². The van der Waals surface area contributed by atoms with Gasteiger partial charge in [-0.2, -0.15) is 0 Å². The highest BCUT2D eigenvalue weighted by Crippen LogP contribution is 2.15. The Balaban J connectivity index is 2.03. The van der Waals surface area contributed by atoms with E-state index in [0.717, 1.165) is 12.1 Å². The predicted octanol–water partition coefficient (Wildman–Crippen LogP) is 1.13. The number of sulfonamides is 2. The Morgan fingerprint density at radius 3 is 2.12 bits per heavy atom. The molecule has 130 valence electrons. The molecule has 24 heavy (non-hydrogen) atoms. The minimum Gasteiger partial charge on any atom is -0.225 e. The molecule has 2 aromatic carbocycles. The van der Waals surface area contributed by atoms with Crippen LogP contribution in [0.25, 0.3) is 0 Å². The molecule has 10 heteroatoms. The zero-order chi connectivity index (χ0) is 18.0. The number of hydrogen-bond acceptors (Lipinski definition) is 4. The summed E-state index contributed by atoms with van der Waals surface area (Å²) in [6.45, 7) is -0.0477. The van der Waals surface area contributed by atoms with Gasteiger partial charge in [-0.05, 0) is 36.2 Å². The summed E-state index contributed by atoms with van der Waals surface area (Å²) in [7, 11) is -7.91. The van der Waals surface area contributed by atoms with Crippen molar-refractivity contribution in [2.75, 3.05) is 6.54 Å². The topological polar surface area (TPSA) is 106 Å². The molecule has 2 aromatic rings. The Hall–Kier alpha value is -1.88. The van der Waals surface area contributed by atoms with Crippen molar-refractivity contribution in [1.29, 1.82) is 0 Å². The van der Waals surface area contributed by atoms with Gasteiger partial charge >= 0.3 is 0 Å². The Morgan fingerprint density at radius 2 is 1.58 bits per heavy atom. The van der Waals surface area contributed by atoms with E-state index in [4.69, 9.17) is 5.14 Å². The van der Waals surface area contributed by atoms with Crippen LogP contribution in [-0.2, 0) is 26.5 Å². The summed E-state index contributed by atoms with van der Waals surface area (Å²) in [6.07, 6.45) is 0.243. The third-order valence-corrected chi connectivity index (χ3v) is 5.56. The van der Waals surface area contributed by atoms with Crippen molar-refractivity contribution < 1.29 is 25.6 Å². The van der Waals surface area contributed by atoms with E-state index >= 15 is 0 Å². The molecule has 0 heterocycles. The minimum absolute atomic E-state index is 0.0477. The van der Waals surface area contributed by atoms with Gasteiger partial charge in [-0.1, -0.05) is 12.1 Å². The van der Waals surface area contributed by atoms with Gasteiger partial charge in [0.1, 0.15) is 16.5 Å². The first kappa shape index (κ1) is 18.5. The summed E-state index contributed by atoms with van der Waals surface area (Å²) in [4.78, 5) is -0.700. The number of benzene rings is 2. The Labute approximate surface area is 138 Å². The van der Waals surface area contributed by atoms with Crippen LogP contribution in [0, 0.1) is 11.6 Å². The molecule has 0 bridgehead atoms. The highest BCUT2D eigenvalue weighted by atomic mass is 32.2. The van der Waals surface area contributed by atoms with E-state index < -0.39 is 36.6 Å². The SMILES string of the molecule is NS(=O)(=O)c1ccc(CCNS(=O)(=O)c2ccc(F)cc2F)cc1. The second-order valence-electron chi connectivity index (χ2n) is 4.91. The molecular formula is C14H14F2N2O4S2. The van der Waals surface area contributed by atoms with Crippen LogP contribution in [0.5, 0.6) is 0 Å². The van der Waals surface area contributed by atoms with Gasteiger partial charge in [0.2, 0.25) is 20.0 Å². The van der Waals surface area contributed by atoms with Crippen LogP contribution in [0.2, 0.25) is 0 Å². The summed E-state index contributed by atoms with van der Waals surface area (Å²) in [5.74, 6) is -2.05. The standard InChI is InChI=1S/C14H14F2N2O4S2/c15-11-3-6-14(13(16)9-11)24(21,22)18-8-7-10-1-4-12(5-2-10)23(17,19)20/h1-6,9,18H,7-8H2,(H2,17,19,20). The lowest BCUT2D eigenvalue weighted by Crippen LogP contribution is -2.26. The highest BCUT2D eigenvalue weighted by molar-refractivity contribution is 7.89. The van der Waals surface area contributed by atoms with Crippen LogP contribution in [-0.4, -0.2) is 23.4 Å². The third kappa shape index (κ3) is 4.57. The van der Waals surface area contributed by atoms with Gasteiger partial charge in [0.15, 0.2) is 0 Å². The maximum atomic E-state index is 13.5. The first-order valence-electron chi connectivity index (χ1n) is 6.66. The average Bonchev–Trinajstić information content (AvgIpc) is 2.46. The fourth-order valence-electron chi connectivity index (χ4n) is 1.95. The fraction of sp³-hybridized carbons (Fsp3) is 0.143. The van der Waals surface area contributed by atoms with Gasteiger partial charge in [-0.25, -0.2) is 35.5 Å². The maximum absolute atomic E-state index is 13.5. The van der Waals surface area contributed by atoms with Crippen molar-refractivity contribution in [3.63, 3.8) is 0 Å². The maximum Gasteiger partial charge on any atom is 0.243 e. The smallest absolute Gasteiger partial charge is 0.225 e. The molecule has 6 nitrogen and oxygen atoms in total. The summed E-state index contributed by atoms with van der Waals surface area (Å²) in [5, 5.41) is 4.97. The number of nitrogens with one attached hydrogen (secondary N) is 1. The first-order valence-corrected chi connectivity index (χ1v) is 9.69. The van der Waals surface area contributed by atoms with Gasteiger partial charge in [-0.3, -0.25) is 0 Å². The van der Waals surface area contributed by atoms with Crippen molar-refractivity contribution in [3.05, 3.63) is 59.7 Å². The van der Waals surface area contributed by atoms with E-state index in [1.807, 2.05) is 0 Å². The molecular weight excluding hydrogens is 362 g/mol. The number of hydrogen-bond donors (Lipinski definition) is 2. The van der Waals surface area contributed by atoms with Gasteiger partial charge < -0.3 is 0 Å². The zero-order valence-electron chi connectivity index (χ0n) is 12.2. The van der Waals surface area contributed by atoms with Crippen LogP contribution in [0.1, 0.15) is 5.56 Å². The lowest BCUT2D eigenvalue weighted by molar-refractivity contribution is 0.543. The van der Waals surface area contributed by atoms with E-state index in [2.05, 4.69) is 4.72 Å². The van der Waals surface area contributed by atoms with E-state index in [0.29, 0.717) is 11.6 Å². The van der Waals surface area contributed by atoms with Crippen LogP contribution >= 0.6 is 0 Å². The number of primary sulfonamides is 1.